The van der Waals surface area contributed by atoms with Crippen LogP contribution in [0.15, 0.2) is 73.1 Å². The number of carboxylic acids is 1. The SMILES string of the molecule is CCCOc1ccc(-c2cnc(-c3ccc(CC(NC(=O)c4ccc(C(C)(C)C)s4)C(=O)N4CCC(C(=O)O)C4)cc3)nc2)cc1. The molecule has 1 fully saturated rings. The Morgan fingerprint density at radius 2 is 1.65 bits per heavy atom. The molecule has 0 aliphatic carbocycles. The van der Waals surface area contributed by atoms with Gasteiger partial charge in [0.05, 0.1) is 17.4 Å². The molecular weight excluding hydrogens is 600 g/mol. The summed E-state index contributed by atoms with van der Waals surface area (Å²) in [7, 11) is 0. The number of thiophene rings is 1. The van der Waals surface area contributed by atoms with Gasteiger partial charge in [0.1, 0.15) is 11.8 Å². The van der Waals surface area contributed by atoms with Crippen LogP contribution in [0.2, 0.25) is 0 Å². The summed E-state index contributed by atoms with van der Waals surface area (Å²) in [6.07, 6.45) is 5.19. The van der Waals surface area contributed by atoms with Crippen LogP contribution in [0.3, 0.4) is 0 Å². The topological polar surface area (TPSA) is 122 Å². The van der Waals surface area contributed by atoms with Crippen molar-refractivity contribution in [1.29, 1.82) is 0 Å². The number of nitrogens with zero attached hydrogens (tertiary/aromatic N) is 3. The molecule has 5 rings (SSSR count). The number of rotatable bonds is 11. The van der Waals surface area contributed by atoms with Crippen molar-refractivity contribution in [2.75, 3.05) is 19.7 Å². The van der Waals surface area contributed by atoms with Crippen molar-refractivity contribution < 1.29 is 24.2 Å². The minimum Gasteiger partial charge on any atom is -0.494 e. The molecule has 2 unspecified atom stereocenters. The Bertz CT molecular complexity index is 1660. The summed E-state index contributed by atoms with van der Waals surface area (Å²) in [5, 5.41) is 12.4. The van der Waals surface area contributed by atoms with Gasteiger partial charge in [-0.1, -0.05) is 64.1 Å². The van der Waals surface area contributed by atoms with Crippen LogP contribution < -0.4 is 10.1 Å². The number of benzene rings is 2. The van der Waals surface area contributed by atoms with Gasteiger partial charge in [-0.2, -0.15) is 0 Å². The molecule has 46 heavy (non-hydrogen) atoms. The number of ether oxygens (including phenoxy) is 1. The van der Waals surface area contributed by atoms with Crippen LogP contribution in [0.25, 0.3) is 22.5 Å². The van der Waals surface area contributed by atoms with Gasteiger partial charge in [-0.05, 0) is 53.6 Å². The Labute approximate surface area is 273 Å². The van der Waals surface area contributed by atoms with Gasteiger partial charge in [0.2, 0.25) is 5.91 Å². The number of carboxylic acid groups (broad SMARTS) is 1. The maximum atomic E-state index is 13.6. The number of amides is 2. The number of carbonyl (C=O) groups excluding carboxylic acids is 2. The van der Waals surface area contributed by atoms with Crippen molar-refractivity contribution in [2.45, 2.75) is 58.4 Å². The van der Waals surface area contributed by atoms with Crippen molar-refractivity contribution in [1.82, 2.24) is 20.2 Å². The second-order valence-electron chi connectivity index (χ2n) is 12.6. The first kappa shape index (κ1) is 32.8. The number of hydrogen-bond acceptors (Lipinski definition) is 7. The van der Waals surface area contributed by atoms with E-state index in [1.54, 1.807) is 23.4 Å². The monoisotopic (exact) mass is 640 g/mol. The molecule has 2 amide bonds. The highest BCUT2D eigenvalue weighted by Gasteiger charge is 2.35. The summed E-state index contributed by atoms with van der Waals surface area (Å²) >= 11 is 1.41. The fourth-order valence-electron chi connectivity index (χ4n) is 5.29. The molecule has 10 heteroatoms. The summed E-state index contributed by atoms with van der Waals surface area (Å²) < 4.78 is 5.67. The fraction of sp³-hybridized carbons (Fsp3) is 0.361. The fourth-order valence-corrected chi connectivity index (χ4v) is 6.26. The van der Waals surface area contributed by atoms with E-state index < -0.39 is 17.9 Å². The highest BCUT2D eigenvalue weighted by Crippen LogP contribution is 2.30. The summed E-state index contributed by atoms with van der Waals surface area (Å²) in [6, 6.07) is 18.4. The van der Waals surface area contributed by atoms with Gasteiger partial charge in [0, 0.05) is 47.9 Å². The molecule has 0 spiro atoms. The zero-order chi connectivity index (χ0) is 32.8. The summed E-state index contributed by atoms with van der Waals surface area (Å²) in [4.78, 5) is 50.8. The Kier molecular flexibility index (Phi) is 10.2. The third-order valence-electron chi connectivity index (χ3n) is 7.99. The van der Waals surface area contributed by atoms with Gasteiger partial charge in [0.25, 0.3) is 5.91 Å². The minimum atomic E-state index is -0.912. The third-order valence-corrected chi connectivity index (χ3v) is 9.50. The number of aliphatic carboxylic acids is 1. The molecule has 4 aromatic rings. The lowest BCUT2D eigenvalue weighted by Crippen LogP contribution is -2.49. The molecule has 9 nitrogen and oxygen atoms in total. The molecule has 0 saturated carbocycles. The zero-order valence-corrected chi connectivity index (χ0v) is 27.5. The molecule has 0 bridgehead atoms. The second kappa shape index (κ2) is 14.2. The van der Waals surface area contributed by atoms with Crippen LogP contribution in [-0.2, 0) is 21.4 Å². The molecule has 3 heterocycles. The van der Waals surface area contributed by atoms with E-state index in [4.69, 9.17) is 4.74 Å². The maximum absolute atomic E-state index is 13.6. The number of hydrogen-bond donors (Lipinski definition) is 2. The predicted octanol–water partition coefficient (Wildman–Crippen LogP) is 6.23. The van der Waals surface area contributed by atoms with Crippen LogP contribution in [0.4, 0.5) is 0 Å². The zero-order valence-electron chi connectivity index (χ0n) is 26.7. The Morgan fingerprint density at radius 3 is 2.24 bits per heavy atom. The molecule has 1 aliphatic rings. The average Bonchev–Trinajstić information content (AvgIpc) is 3.76. The van der Waals surface area contributed by atoms with Gasteiger partial charge in [-0.25, -0.2) is 9.97 Å². The van der Waals surface area contributed by atoms with E-state index in [0.29, 0.717) is 30.3 Å². The Hall–Kier alpha value is -4.57. The first-order valence-electron chi connectivity index (χ1n) is 15.6. The van der Waals surface area contributed by atoms with Crippen LogP contribution in [0.1, 0.15) is 60.6 Å². The summed E-state index contributed by atoms with van der Waals surface area (Å²) in [6.45, 7) is 9.50. The van der Waals surface area contributed by atoms with E-state index in [9.17, 15) is 19.5 Å². The number of likely N-dealkylation sites (tertiary alicyclic amines) is 1. The summed E-state index contributed by atoms with van der Waals surface area (Å²) in [5.74, 6) is -0.707. The molecule has 2 N–H and O–H groups in total. The molecule has 0 radical (unpaired) electrons. The molecule has 1 saturated heterocycles. The van der Waals surface area contributed by atoms with Crippen LogP contribution >= 0.6 is 11.3 Å². The van der Waals surface area contributed by atoms with Crippen molar-refractivity contribution in [3.8, 4) is 28.3 Å². The first-order valence-corrected chi connectivity index (χ1v) is 16.4. The van der Waals surface area contributed by atoms with Gasteiger partial charge >= 0.3 is 5.97 Å². The number of aromatic nitrogens is 2. The van der Waals surface area contributed by atoms with Crippen LogP contribution in [0.5, 0.6) is 5.75 Å². The largest absolute Gasteiger partial charge is 0.494 e. The van der Waals surface area contributed by atoms with E-state index in [0.717, 1.165) is 39.3 Å². The van der Waals surface area contributed by atoms with Gasteiger partial charge in [0.15, 0.2) is 5.82 Å². The molecule has 240 valence electrons. The lowest BCUT2D eigenvalue weighted by Gasteiger charge is -2.24. The van der Waals surface area contributed by atoms with E-state index >= 15 is 0 Å². The quantitative estimate of drug-likeness (QED) is 0.199. The average molecular weight is 641 g/mol. The molecule has 2 aromatic carbocycles. The van der Waals surface area contributed by atoms with Crippen LogP contribution in [0, 0.1) is 5.92 Å². The van der Waals surface area contributed by atoms with Gasteiger partial charge in [-0.3, -0.25) is 14.4 Å². The maximum Gasteiger partial charge on any atom is 0.308 e. The highest BCUT2D eigenvalue weighted by molar-refractivity contribution is 7.14. The Balaban J connectivity index is 1.29. The van der Waals surface area contributed by atoms with Crippen LogP contribution in [-0.4, -0.2) is 63.5 Å². The van der Waals surface area contributed by atoms with E-state index in [-0.39, 0.29) is 30.2 Å². The smallest absolute Gasteiger partial charge is 0.308 e. The van der Waals surface area contributed by atoms with Crippen molar-refractivity contribution in [2.24, 2.45) is 5.92 Å². The van der Waals surface area contributed by atoms with Crippen molar-refractivity contribution >= 4 is 29.1 Å². The number of carbonyl (C=O) groups is 3. The summed E-state index contributed by atoms with van der Waals surface area (Å²) in [5.41, 5.74) is 3.46. The third kappa shape index (κ3) is 7.98. The molecule has 1 aliphatic heterocycles. The molecule has 2 aromatic heterocycles. The van der Waals surface area contributed by atoms with Crippen molar-refractivity contribution in [3.63, 3.8) is 0 Å². The molecule has 2 atom stereocenters. The lowest BCUT2D eigenvalue weighted by molar-refractivity contribution is -0.141. The number of nitrogens with one attached hydrogen (secondary N) is 1. The van der Waals surface area contributed by atoms with Gasteiger partial charge in [-0.15, -0.1) is 11.3 Å². The second-order valence-corrected chi connectivity index (χ2v) is 13.7. The molecular formula is C36H40N4O5S. The van der Waals surface area contributed by atoms with E-state index in [2.05, 4.69) is 43.0 Å². The predicted molar refractivity (Wildman–Crippen MR) is 179 cm³/mol. The normalized spacial score (nSPS) is 15.4. The minimum absolute atomic E-state index is 0.0967. The standard InChI is InChI=1S/C36H40N4O5S/c1-5-18-45-28-12-10-24(11-13-28)27-20-37-32(38-21-27)25-8-6-23(7-9-25)19-29(34(42)40-17-16-26(22-40)35(43)44)39-33(41)30-14-15-31(46-30)36(2,3)4/h6-15,20-21,26,29H,5,16-19,22H2,1-4H3,(H,39,41)(H,43,44). The van der Waals surface area contributed by atoms with Gasteiger partial charge < -0.3 is 20.1 Å². The lowest BCUT2D eigenvalue weighted by atomic mass is 9.95. The Morgan fingerprint density at radius 1 is 0.978 bits per heavy atom. The van der Waals surface area contributed by atoms with E-state index in [1.807, 2.05) is 54.6 Å². The van der Waals surface area contributed by atoms with Crippen molar-refractivity contribution in [3.05, 3.63) is 88.4 Å². The van der Waals surface area contributed by atoms with E-state index in [1.165, 1.54) is 11.3 Å². The highest BCUT2D eigenvalue weighted by atomic mass is 32.1. The first-order chi connectivity index (χ1) is 22.0.